The van der Waals surface area contributed by atoms with Crippen LogP contribution in [0.3, 0.4) is 0 Å². The molecule has 8 nitrogen and oxygen atoms in total. The molecule has 0 spiro atoms. The summed E-state index contributed by atoms with van der Waals surface area (Å²) in [4.78, 5) is 32.2. The van der Waals surface area contributed by atoms with Gasteiger partial charge in [-0.15, -0.1) is 0 Å². The van der Waals surface area contributed by atoms with Crippen molar-refractivity contribution in [3.05, 3.63) is 53.9 Å². The van der Waals surface area contributed by atoms with Crippen LogP contribution in [0.25, 0.3) is 0 Å². The highest BCUT2D eigenvalue weighted by Gasteiger charge is 2.17. The van der Waals surface area contributed by atoms with Crippen LogP contribution in [0.1, 0.15) is 56.1 Å². The van der Waals surface area contributed by atoms with E-state index in [-0.39, 0.29) is 5.91 Å². The largest absolute Gasteiger partial charge is 0.443 e. The van der Waals surface area contributed by atoms with Crippen LogP contribution in [0.4, 0.5) is 10.5 Å². The summed E-state index contributed by atoms with van der Waals surface area (Å²) in [5, 5.41) is 6.31. The van der Waals surface area contributed by atoms with E-state index in [2.05, 4.69) is 25.2 Å². The Labute approximate surface area is 206 Å². The summed E-state index contributed by atoms with van der Waals surface area (Å²) in [6, 6.07) is 10.9. The summed E-state index contributed by atoms with van der Waals surface area (Å²) in [7, 11) is 0. The molecule has 1 fully saturated rings. The number of anilines is 1. The molecule has 34 heavy (non-hydrogen) atoms. The first kappa shape index (κ1) is 26.0. The van der Waals surface area contributed by atoms with Gasteiger partial charge in [0.15, 0.2) is 0 Å². The lowest BCUT2D eigenvalue weighted by Gasteiger charge is -2.19. The fourth-order valence-corrected chi connectivity index (χ4v) is 4.18. The van der Waals surface area contributed by atoms with Gasteiger partial charge >= 0.3 is 6.09 Å². The average Bonchev–Trinajstić information content (AvgIpc) is 3.31. The molecule has 0 aliphatic carbocycles. The van der Waals surface area contributed by atoms with Crippen LogP contribution in [0, 0.1) is 0 Å². The van der Waals surface area contributed by atoms with Gasteiger partial charge in [-0.05, 0) is 102 Å². The Morgan fingerprint density at radius 1 is 1.12 bits per heavy atom. The van der Waals surface area contributed by atoms with Crippen LogP contribution in [0.15, 0.2) is 47.5 Å². The standard InChI is InChI=1S/C25H35N5O3S/c1-25(2,3)33-24(32)29-34-22-10-5-4-9-20(22)28-23(31)21-12-11-19(18-27-21)17-26-13-8-16-30-14-6-7-15-30/h4-5,9-12,18,26H,6-8,13-17H2,1-3H3,(H,28,31)(H,29,32). The number of rotatable bonds is 10. The highest BCUT2D eigenvalue weighted by Crippen LogP contribution is 2.25. The zero-order valence-corrected chi connectivity index (χ0v) is 21.0. The monoisotopic (exact) mass is 485 g/mol. The Morgan fingerprint density at radius 3 is 2.59 bits per heavy atom. The van der Waals surface area contributed by atoms with Gasteiger partial charge in [0.05, 0.1) is 10.6 Å². The number of benzene rings is 1. The normalized spacial score (nSPS) is 14.1. The van der Waals surface area contributed by atoms with Crippen molar-refractivity contribution >= 4 is 29.6 Å². The first-order chi connectivity index (χ1) is 16.3. The van der Waals surface area contributed by atoms with Gasteiger partial charge in [0.25, 0.3) is 5.91 Å². The van der Waals surface area contributed by atoms with E-state index < -0.39 is 11.7 Å². The SMILES string of the molecule is CC(C)(C)OC(=O)NSc1ccccc1NC(=O)c1ccc(CNCCCN2CCCC2)cn1. The van der Waals surface area contributed by atoms with Crippen molar-refractivity contribution in [1.29, 1.82) is 0 Å². The second-order valence-corrected chi connectivity index (χ2v) is 10.1. The van der Waals surface area contributed by atoms with Gasteiger partial charge in [-0.2, -0.15) is 0 Å². The number of carbonyl (C=O) groups is 2. The Morgan fingerprint density at radius 2 is 1.88 bits per heavy atom. The molecule has 0 radical (unpaired) electrons. The molecular formula is C25H35N5O3S. The number of hydrogen-bond donors (Lipinski definition) is 3. The van der Waals surface area contributed by atoms with Gasteiger partial charge in [0.1, 0.15) is 11.3 Å². The second kappa shape index (κ2) is 12.7. The van der Waals surface area contributed by atoms with Gasteiger partial charge < -0.3 is 20.3 Å². The zero-order chi connectivity index (χ0) is 24.4. The lowest BCUT2D eigenvalue weighted by molar-refractivity contribution is 0.0574. The van der Waals surface area contributed by atoms with Gasteiger partial charge in [-0.25, -0.2) is 4.79 Å². The molecule has 184 valence electrons. The van der Waals surface area contributed by atoms with Crippen molar-refractivity contribution < 1.29 is 14.3 Å². The average molecular weight is 486 g/mol. The Bertz CT molecular complexity index is 940. The molecule has 1 aromatic heterocycles. The van der Waals surface area contributed by atoms with E-state index in [4.69, 9.17) is 4.74 Å². The van der Waals surface area contributed by atoms with Gasteiger partial charge in [-0.3, -0.25) is 14.5 Å². The topological polar surface area (TPSA) is 95.6 Å². The summed E-state index contributed by atoms with van der Waals surface area (Å²) in [6.07, 6.45) is 4.97. The van der Waals surface area contributed by atoms with Crippen LogP contribution in [-0.2, 0) is 11.3 Å². The van der Waals surface area contributed by atoms with Crippen molar-refractivity contribution in [2.75, 3.05) is 31.5 Å². The third-order valence-electron chi connectivity index (χ3n) is 5.19. The predicted octanol–water partition coefficient (Wildman–Crippen LogP) is 4.44. The maximum absolute atomic E-state index is 12.7. The van der Waals surface area contributed by atoms with Crippen LogP contribution in [-0.4, -0.2) is 53.7 Å². The maximum atomic E-state index is 12.7. The van der Waals surface area contributed by atoms with Crippen molar-refractivity contribution in [3.8, 4) is 0 Å². The minimum atomic E-state index is -0.584. The van der Waals surface area contributed by atoms with Gasteiger partial charge in [-0.1, -0.05) is 18.2 Å². The Balaban J connectivity index is 1.45. The van der Waals surface area contributed by atoms with Gasteiger partial charge in [0, 0.05) is 12.7 Å². The van der Waals surface area contributed by atoms with Crippen molar-refractivity contribution in [2.45, 2.75) is 57.1 Å². The first-order valence-electron chi connectivity index (χ1n) is 11.7. The fourth-order valence-electron chi connectivity index (χ4n) is 3.57. The number of aromatic nitrogens is 1. The Kier molecular flexibility index (Phi) is 9.74. The molecule has 3 rings (SSSR count). The molecule has 0 atom stereocenters. The highest BCUT2D eigenvalue weighted by atomic mass is 32.2. The lowest BCUT2D eigenvalue weighted by atomic mass is 10.2. The van der Waals surface area contributed by atoms with E-state index in [0.717, 1.165) is 43.6 Å². The van der Waals surface area contributed by atoms with E-state index in [1.54, 1.807) is 39.1 Å². The molecule has 1 aliphatic rings. The minimum Gasteiger partial charge on any atom is -0.443 e. The van der Waals surface area contributed by atoms with Crippen LogP contribution in [0.2, 0.25) is 0 Å². The van der Waals surface area contributed by atoms with E-state index in [0.29, 0.717) is 16.3 Å². The quantitative estimate of drug-likeness (QED) is 0.338. The molecule has 2 aromatic rings. The number of nitrogens with one attached hydrogen (secondary N) is 3. The number of likely N-dealkylation sites (tertiary alicyclic amines) is 1. The fraction of sp³-hybridized carbons (Fsp3) is 0.480. The number of ether oxygens (including phenoxy) is 1. The van der Waals surface area contributed by atoms with Crippen molar-refractivity contribution in [1.82, 2.24) is 19.9 Å². The Hall–Kier alpha value is -2.62. The number of para-hydroxylation sites is 1. The van der Waals surface area contributed by atoms with E-state index in [9.17, 15) is 9.59 Å². The molecule has 1 saturated heterocycles. The number of pyridine rings is 1. The maximum Gasteiger partial charge on any atom is 0.418 e. The molecule has 0 saturated carbocycles. The molecule has 1 aromatic carbocycles. The molecule has 0 bridgehead atoms. The van der Waals surface area contributed by atoms with Gasteiger partial charge in [0.2, 0.25) is 0 Å². The molecule has 2 amide bonds. The van der Waals surface area contributed by atoms with Crippen molar-refractivity contribution in [2.24, 2.45) is 0 Å². The van der Waals surface area contributed by atoms with E-state index in [1.165, 1.54) is 25.9 Å². The summed E-state index contributed by atoms with van der Waals surface area (Å²) in [6.45, 7) is 10.7. The summed E-state index contributed by atoms with van der Waals surface area (Å²) >= 11 is 1.09. The molecule has 1 aliphatic heterocycles. The lowest BCUT2D eigenvalue weighted by Crippen LogP contribution is -2.29. The predicted molar refractivity (Wildman–Crippen MR) is 136 cm³/mol. The molecule has 9 heteroatoms. The number of amides is 2. The zero-order valence-electron chi connectivity index (χ0n) is 20.2. The molecule has 0 unspecified atom stereocenters. The second-order valence-electron chi connectivity index (χ2n) is 9.29. The number of hydrogen-bond acceptors (Lipinski definition) is 7. The molecular weight excluding hydrogens is 450 g/mol. The number of nitrogens with zero attached hydrogens (tertiary/aromatic N) is 2. The highest BCUT2D eigenvalue weighted by molar-refractivity contribution is 7.98. The van der Waals surface area contributed by atoms with E-state index in [1.807, 2.05) is 24.3 Å². The first-order valence-corrected chi connectivity index (χ1v) is 12.6. The third-order valence-corrected chi connectivity index (χ3v) is 6.04. The van der Waals surface area contributed by atoms with Crippen LogP contribution >= 0.6 is 11.9 Å². The third kappa shape index (κ3) is 8.96. The van der Waals surface area contributed by atoms with Crippen molar-refractivity contribution in [3.63, 3.8) is 0 Å². The summed E-state index contributed by atoms with van der Waals surface area (Å²) in [5.74, 6) is -0.310. The van der Waals surface area contributed by atoms with Crippen LogP contribution < -0.4 is 15.4 Å². The number of carbonyl (C=O) groups excluding carboxylic acids is 2. The smallest absolute Gasteiger partial charge is 0.418 e. The molecule has 3 N–H and O–H groups in total. The summed E-state index contributed by atoms with van der Waals surface area (Å²) < 4.78 is 7.89. The summed E-state index contributed by atoms with van der Waals surface area (Å²) in [5.41, 5.74) is 1.37. The molecule has 2 heterocycles. The van der Waals surface area contributed by atoms with E-state index >= 15 is 0 Å². The minimum absolute atomic E-state index is 0.310. The van der Waals surface area contributed by atoms with Crippen LogP contribution in [0.5, 0.6) is 0 Å².